The lowest BCUT2D eigenvalue weighted by Crippen LogP contribution is -2.93. The fraction of sp³-hybridized carbons (Fsp3) is 0.0286. The third-order valence-corrected chi connectivity index (χ3v) is 15.3. The van der Waals surface area contributed by atoms with Gasteiger partial charge in [0.15, 0.2) is 23.6 Å². The minimum atomic E-state index is -3.87. The first-order chi connectivity index (χ1) is 22.4. The molecular formula is C35H16B2N2O5S2+2. The van der Waals surface area contributed by atoms with Gasteiger partial charge in [0.2, 0.25) is 19.7 Å². The van der Waals surface area contributed by atoms with Crippen LogP contribution < -0.4 is 46.9 Å². The van der Waals surface area contributed by atoms with Crippen LogP contribution in [0, 0.1) is 0 Å². The van der Waals surface area contributed by atoms with Gasteiger partial charge in [-0.3, -0.25) is 0 Å². The second-order valence-electron chi connectivity index (χ2n) is 13.1. The molecule has 0 amide bonds. The molecule has 11 heteroatoms. The Kier molecular flexibility index (Phi) is 3.35. The van der Waals surface area contributed by atoms with Crippen LogP contribution >= 0.6 is 0 Å². The van der Waals surface area contributed by atoms with Crippen molar-refractivity contribution in [2.24, 2.45) is 0 Å². The first-order valence-corrected chi connectivity index (χ1v) is 18.2. The topological polar surface area (TPSA) is 85.3 Å². The molecule has 9 heterocycles. The number of ether oxygens (including phenoxy) is 1. The van der Waals surface area contributed by atoms with Crippen molar-refractivity contribution < 1.29 is 30.7 Å². The molecule has 0 radical (unpaired) electrons. The van der Waals surface area contributed by atoms with E-state index in [1.54, 1.807) is 36.4 Å². The fourth-order valence-corrected chi connectivity index (χ4v) is 13.8. The molecule has 0 saturated heterocycles. The van der Waals surface area contributed by atoms with E-state index in [0.717, 1.165) is 66.4 Å². The molecule has 0 N–H and O–H groups in total. The van der Waals surface area contributed by atoms with Gasteiger partial charge in [0.05, 0.1) is 19.6 Å². The number of aromatic nitrogens is 2. The van der Waals surface area contributed by atoms with E-state index in [1.807, 2.05) is 36.4 Å². The highest BCUT2D eigenvalue weighted by atomic mass is 32.2. The van der Waals surface area contributed by atoms with Gasteiger partial charge in [0.1, 0.15) is 22.6 Å². The lowest BCUT2D eigenvalue weighted by atomic mass is 9.34. The summed E-state index contributed by atoms with van der Waals surface area (Å²) in [6.45, 7) is -0.623. The second-order valence-corrected chi connectivity index (χ2v) is 16.9. The summed E-state index contributed by atoms with van der Waals surface area (Å²) in [4.78, 5) is 1.27. The Hall–Kier alpha value is -4.99. The summed E-state index contributed by atoms with van der Waals surface area (Å²) in [5.74, 6) is 1.16. The highest BCUT2D eigenvalue weighted by Gasteiger charge is 2.75. The normalized spacial score (nSPS) is 19.0. The van der Waals surface area contributed by atoms with Gasteiger partial charge in [-0.1, -0.05) is 24.3 Å². The number of nitrogens with zero attached hydrogens (tertiary/aromatic N) is 2. The van der Waals surface area contributed by atoms with Gasteiger partial charge < -0.3 is 4.74 Å². The monoisotopic (exact) mass is 630 g/mol. The molecule has 0 aliphatic carbocycles. The molecule has 0 bridgehead atoms. The van der Waals surface area contributed by atoms with Gasteiger partial charge in [-0.25, -0.2) is 16.8 Å². The molecular weight excluding hydrogens is 614 g/mol. The summed E-state index contributed by atoms with van der Waals surface area (Å²) < 4.78 is 69.4. The molecule has 0 saturated carbocycles. The van der Waals surface area contributed by atoms with E-state index >= 15 is 0 Å². The molecule has 7 aliphatic rings. The minimum absolute atomic E-state index is 0.286. The smallest absolute Gasteiger partial charge is 0.420 e. The lowest BCUT2D eigenvalue weighted by Gasteiger charge is -2.43. The third-order valence-electron chi connectivity index (χ3n) is 11.6. The maximum atomic E-state index is 14.5. The van der Waals surface area contributed by atoms with Gasteiger partial charge in [0.25, 0.3) is 0 Å². The van der Waals surface area contributed by atoms with Crippen molar-refractivity contribution in [1.82, 2.24) is 0 Å². The Bertz CT molecular complexity index is 2710. The van der Waals surface area contributed by atoms with Gasteiger partial charge in [0, 0.05) is 23.3 Å². The van der Waals surface area contributed by atoms with Crippen molar-refractivity contribution in [2.45, 2.75) is 25.2 Å². The maximum absolute atomic E-state index is 14.5. The SMILES string of the molecule is O=S1(=O)c2cccc3c2B2c4c1ccc1c4C4(c5c(ccc6c5B5c7c(cccc7S6(=O)=O)-c6ccc[n+]4c65)O1)[n+]1cccc-3c12. The molecule has 212 valence electrons. The molecule has 7 aliphatic heterocycles. The number of rotatable bonds is 0. The van der Waals surface area contributed by atoms with E-state index in [-0.39, 0.29) is 23.2 Å². The number of fused-ring (bicyclic) bond motifs is 2. The summed E-state index contributed by atoms with van der Waals surface area (Å²) >= 11 is 0. The number of hydrogen-bond donors (Lipinski definition) is 0. The maximum Gasteiger partial charge on any atom is 0.420 e. The third kappa shape index (κ3) is 1.97. The molecule has 0 unspecified atom stereocenters. The van der Waals surface area contributed by atoms with Gasteiger partial charge >= 0.3 is 19.1 Å². The Morgan fingerprint density at radius 3 is 1.41 bits per heavy atom. The minimum Gasteiger partial charge on any atom is -0.456 e. The van der Waals surface area contributed by atoms with Crippen LogP contribution in [0.15, 0.2) is 117 Å². The highest BCUT2D eigenvalue weighted by molar-refractivity contribution is 7.92. The summed E-state index contributed by atoms with van der Waals surface area (Å²) in [6, 6.07) is 26.3. The van der Waals surface area contributed by atoms with E-state index in [9.17, 15) is 16.8 Å². The Morgan fingerprint density at radius 1 is 0.500 bits per heavy atom. The number of hydrogen-bond acceptors (Lipinski definition) is 5. The van der Waals surface area contributed by atoms with Crippen LogP contribution in [0.25, 0.3) is 22.3 Å². The first kappa shape index (κ1) is 23.4. The largest absolute Gasteiger partial charge is 0.456 e. The zero-order chi connectivity index (χ0) is 30.2. The zero-order valence-electron chi connectivity index (χ0n) is 23.6. The summed E-state index contributed by atoms with van der Waals surface area (Å²) in [5, 5.41) is 0. The van der Waals surface area contributed by atoms with Crippen molar-refractivity contribution >= 4 is 66.1 Å². The van der Waals surface area contributed by atoms with Crippen molar-refractivity contribution in [3.63, 3.8) is 0 Å². The van der Waals surface area contributed by atoms with Crippen LogP contribution in [0.4, 0.5) is 0 Å². The summed E-state index contributed by atoms with van der Waals surface area (Å²) in [7, 11) is -7.74. The van der Waals surface area contributed by atoms with Gasteiger partial charge in [-0.2, -0.15) is 0 Å². The van der Waals surface area contributed by atoms with Crippen molar-refractivity contribution in [2.75, 3.05) is 0 Å². The van der Waals surface area contributed by atoms with E-state index in [1.165, 1.54) is 0 Å². The predicted octanol–water partition coefficient (Wildman–Crippen LogP) is -0.423. The van der Waals surface area contributed by atoms with Gasteiger partial charge in [-0.05, 0) is 81.5 Å². The van der Waals surface area contributed by atoms with Crippen LogP contribution in [0.5, 0.6) is 11.5 Å². The average Bonchev–Trinajstić information content (AvgIpc) is 3.59. The second kappa shape index (κ2) is 6.61. The standard InChI is InChI=1S/C35H16B2N2O5S2/c40-45(41)23-9-1-5-17-19-7-3-15-38-33(19)36(29(17)23)31-25(45)13-11-21-27(31)35(38)28-22(44-21)12-14-26-32(28)37-30-18(6-2-10-24(30)46(26,42)43)20-8-4-16-39(35)34(20)37/h1-16H/q+2. The molecule has 46 heavy (non-hydrogen) atoms. The summed E-state index contributed by atoms with van der Waals surface area (Å²) in [5.41, 5.74) is 9.28. The highest BCUT2D eigenvalue weighted by Crippen LogP contribution is 2.50. The van der Waals surface area contributed by atoms with Crippen LogP contribution in [-0.2, 0) is 25.3 Å². The number of sulfone groups is 2. The first-order valence-electron chi connectivity index (χ1n) is 15.3. The molecule has 4 aromatic carbocycles. The Labute approximate surface area is 263 Å². The van der Waals surface area contributed by atoms with E-state index in [4.69, 9.17) is 4.74 Å². The quantitative estimate of drug-likeness (QED) is 0.168. The molecule has 7 nitrogen and oxygen atoms in total. The van der Waals surface area contributed by atoms with Crippen molar-refractivity contribution in [3.8, 4) is 33.8 Å². The van der Waals surface area contributed by atoms with E-state index in [0.29, 0.717) is 21.3 Å². The zero-order valence-corrected chi connectivity index (χ0v) is 25.3. The molecule has 13 rings (SSSR count). The van der Waals surface area contributed by atoms with Crippen molar-refractivity contribution in [1.29, 1.82) is 0 Å². The Morgan fingerprint density at radius 2 is 0.935 bits per heavy atom. The molecule has 6 aromatic rings. The van der Waals surface area contributed by atoms with E-state index < -0.39 is 25.3 Å². The number of pyridine rings is 2. The lowest BCUT2D eigenvalue weighted by molar-refractivity contribution is -0.958. The van der Waals surface area contributed by atoms with Gasteiger partial charge in [-0.15, -0.1) is 9.13 Å². The molecule has 0 atom stereocenters. The fourth-order valence-electron chi connectivity index (χ4n) is 10.3. The molecule has 1 spiro atoms. The molecule has 0 fully saturated rings. The van der Waals surface area contributed by atoms with Crippen LogP contribution in [0.2, 0.25) is 0 Å². The summed E-state index contributed by atoms with van der Waals surface area (Å²) in [6.07, 6.45) is 4.16. The Balaban J connectivity index is 1.34. The molecule has 2 aromatic heterocycles. The van der Waals surface area contributed by atoms with Crippen LogP contribution in [-0.4, -0.2) is 30.3 Å². The number of benzene rings is 4. The van der Waals surface area contributed by atoms with Crippen molar-refractivity contribution in [3.05, 3.63) is 108 Å². The van der Waals surface area contributed by atoms with E-state index in [2.05, 4.69) is 33.7 Å². The van der Waals surface area contributed by atoms with Crippen LogP contribution in [0.3, 0.4) is 0 Å². The average molecular weight is 630 g/mol. The van der Waals surface area contributed by atoms with Crippen LogP contribution in [0.1, 0.15) is 11.1 Å². The predicted molar refractivity (Wildman–Crippen MR) is 169 cm³/mol.